The van der Waals surface area contributed by atoms with Crippen molar-refractivity contribution in [2.45, 2.75) is 45.1 Å². The predicted octanol–water partition coefficient (Wildman–Crippen LogP) is 1.98. The lowest BCUT2D eigenvalue weighted by molar-refractivity contribution is 0.516. The van der Waals surface area contributed by atoms with E-state index in [0.717, 1.165) is 25.2 Å². The number of hydrogen-bond donors (Lipinski definition) is 1. The van der Waals surface area contributed by atoms with Crippen molar-refractivity contribution in [3.8, 4) is 0 Å². The summed E-state index contributed by atoms with van der Waals surface area (Å²) < 4.78 is 0. The highest BCUT2D eigenvalue weighted by Crippen LogP contribution is 2.26. The van der Waals surface area contributed by atoms with Crippen molar-refractivity contribution < 1.29 is 0 Å². The normalized spacial score (nSPS) is 15.1. The number of nitrogens with zero attached hydrogens (tertiary/aromatic N) is 4. The number of fused-ring (bicyclic) bond motifs is 1. The van der Waals surface area contributed by atoms with Crippen molar-refractivity contribution in [3.05, 3.63) is 40.7 Å². The van der Waals surface area contributed by atoms with Crippen LogP contribution in [0.15, 0.2) is 18.2 Å². The molecular weight excluding hydrogens is 262 g/mol. The van der Waals surface area contributed by atoms with Crippen molar-refractivity contribution in [1.29, 1.82) is 0 Å². The van der Waals surface area contributed by atoms with Gasteiger partial charge in [0.2, 0.25) is 0 Å². The van der Waals surface area contributed by atoms with Crippen molar-refractivity contribution in [2.24, 2.45) is 7.05 Å². The lowest BCUT2D eigenvalue weighted by Crippen LogP contribution is -2.24. The molecule has 0 saturated carbocycles. The first-order valence-corrected chi connectivity index (χ1v) is 7.84. The van der Waals surface area contributed by atoms with Crippen LogP contribution in [-0.4, -0.2) is 26.8 Å². The van der Waals surface area contributed by atoms with Gasteiger partial charge in [0.15, 0.2) is 5.82 Å². The third-order valence-electron chi connectivity index (χ3n) is 4.10. The van der Waals surface area contributed by atoms with Crippen molar-refractivity contribution in [3.63, 3.8) is 0 Å². The van der Waals surface area contributed by atoms with Crippen LogP contribution in [0.1, 0.15) is 48.3 Å². The minimum atomic E-state index is 0.264. The Labute approximate surface area is 125 Å². The van der Waals surface area contributed by atoms with Gasteiger partial charge in [-0.15, -0.1) is 10.2 Å². The van der Waals surface area contributed by atoms with Crippen LogP contribution in [0.25, 0.3) is 0 Å². The molecule has 5 heteroatoms. The molecule has 5 nitrogen and oxygen atoms in total. The van der Waals surface area contributed by atoms with E-state index >= 15 is 0 Å². The van der Waals surface area contributed by atoms with Gasteiger partial charge >= 0.3 is 0 Å². The number of rotatable bonds is 6. The molecule has 1 aliphatic rings. The quantitative estimate of drug-likeness (QED) is 0.882. The zero-order valence-corrected chi connectivity index (χ0v) is 12.8. The lowest BCUT2D eigenvalue weighted by Gasteiger charge is -2.18. The molecule has 2 aromatic rings. The van der Waals surface area contributed by atoms with E-state index in [1.165, 1.54) is 40.7 Å². The van der Waals surface area contributed by atoms with Crippen LogP contribution in [0.5, 0.6) is 0 Å². The molecule has 0 spiro atoms. The van der Waals surface area contributed by atoms with E-state index in [1.54, 1.807) is 7.05 Å². The smallest absolute Gasteiger partial charge is 0.176 e. The molecule has 21 heavy (non-hydrogen) atoms. The zero-order valence-electron chi connectivity index (χ0n) is 12.8. The van der Waals surface area contributed by atoms with E-state index in [1.807, 2.05) is 0 Å². The summed E-state index contributed by atoms with van der Waals surface area (Å²) >= 11 is 0. The van der Waals surface area contributed by atoms with Crippen molar-refractivity contribution in [2.75, 3.05) is 6.54 Å². The molecule has 3 rings (SSSR count). The fraction of sp³-hybridized carbons (Fsp3) is 0.562. The van der Waals surface area contributed by atoms with Crippen LogP contribution in [-0.2, 0) is 26.3 Å². The maximum atomic E-state index is 4.31. The summed E-state index contributed by atoms with van der Waals surface area (Å²) in [5.74, 6) is 0.798. The minimum absolute atomic E-state index is 0.264. The highest BCUT2D eigenvalue weighted by atomic mass is 15.6. The number of hydrogen-bond acceptors (Lipinski definition) is 4. The summed E-state index contributed by atoms with van der Waals surface area (Å²) in [4.78, 5) is 1.52. The van der Waals surface area contributed by atoms with E-state index in [2.05, 4.69) is 45.9 Å². The van der Waals surface area contributed by atoms with Gasteiger partial charge in [0.05, 0.1) is 7.05 Å². The molecular formula is C16H23N5. The predicted molar refractivity (Wildman–Crippen MR) is 82.0 cm³/mol. The van der Waals surface area contributed by atoms with E-state index < -0.39 is 0 Å². The summed E-state index contributed by atoms with van der Waals surface area (Å²) in [6.07, 6.45) is 5.64. The van der Waals surface area contributed by atoms with Gasteiger partial charge in [-0.25, -0.2) is 0 Å². The SMILES string of the molecule is CCCNC(Cc1nnn(C)n1)c1ccc2c(c1)CCC2. The molecule has 0 radical (unpaired) electrons. The average molecular weight is 285 g/mol. The number of benzene rings is 1. The van der Waals surface area contributed by atoms with Gasteiger partial charge < -0.3 is 5.32 Å². The number of nitrogens with one attached hydrogen (secondary N) is 1. The molecule has 0 saturated heterocycles. The van der Waals surface area contributed by atoms with Crippen LogP contribution in [0.2, 0.25) is 0 Å². The van der Waals surface area contributed by atoms with Gasteiger partial charge in [-0.1, -0.05) is 25.1 Å². The van der Waals surface area contributed by atoms with E-state index in [4.69, 9.17) is 0 Å². The van der Waals surface area contributed by atoms with E-state index in [0.29, 0.717) is 0 Å². The van der Waals surface area contributed by atoms with E-state index in [-0.39, 0.29) is 6.04 Å². The molecule has 1 N–H and O–H groups in total. The first kappa shape index (κ1) is 14.2. The molecule has 0 amide bonds. The number of aryl methyl sites for hydroxylation is 3. The van der Waals surface area contributed by atoms with E-state index in [9.17, 15) is 0 Å². The molecule has 1 atom stereocenters. The Morgan fingerprint density at radius 2 is 2.14 bits per heavy atom. The van der Waals surface area contributed by atoms with Crippen LogP contribution < -0.4 is 5.32 Å². The van der Waals surface area contributed by atoms with Gasteiger partial charge in [0, 0.05) is 12.5 Å². The Hall–Kier alpha value is -1.75. The maximum Gasteiger partial charge on any atom is 0.176 e. The Morgan fingerprint density at radius 1 is 1.29 bits per heavy atom. The van der Waals surface area contributed by atoms with Gasteiger partial charge in [-0.2, -0.15) is 4.80 Å². The zero-order chi connectivity index (χ0) is 14.7. The van der Waals surface area contributed by atoms with Gasteiger partial charge in [0.25, 0.3) is 0 Å². The monoisotopic (exact) mass is 285 g/mol. The summed E-state index contributed by atoms with van der Waals surface area (Å²) in [5.41, 5.74) is 4.38. The average Bonchev–Trinajstić information content (AvgIpc) is 3.11. The van der Waals surface area contributed by atoms with Gasteiger partial charge in [-0.05, 0) is 54.1 Å². The maximum absolute atomic E-state index is 4.31. The summed E-state index contributed by atoms with van der Waals surface area (Å²) in [5, 5.41) is 16.0. The molecule has 0 bridgehead atoms. The molecule has 0 fully saturated rings. The van der Waals surface area contributed by atoms with Crippen LogP contribution in [0.4, 0.5) is 0 Å². The van der Waals surface area contributed by atoms with Crippen LogP contribution in [0.3, 0.4) is 0 Å². The molecule has 1 aromatic heterocycles. The number of tetrazole rings is 1. The Balaban J connectivity index is 1.80. The van der Waals surface area contributed by atoms with Gasteiger partial charge in [-0.3, -0.25) is 0 Å². The molecule has 112 valence electrons. The molecule has 1 aliphatic carbocycles. The fourth-order valence-corrected chi connectivity index (χ4v) is 3.02. The second kappa shape index (κ2) is 6.35. The standard InChI is InChI=1S/C16H23N5/c1-3-9-17-15(11-16-18-20-21(2)19-16)14-8-7-12-5-4-6-13(12)10-14/h7-8,10,15,17H,3-6,9,11H2,1-2H3. The first-order chi connectivity index (χ1) is 10.3. The summed E-state index contributed by atoms with van der Waals surface area (Å²) in [7, 11) is 1.81. The summed E-state index contributed by atoms with van der Waals surface area (Å²) in [6, 6.07) is 7.18. The molecule has 1 aromatic carbocycles. The van der Waals surface area contributed by atoms with Crippen molar-refractivity contribution >= 4 is 0 Å². The van der Waals surface area contributed by atoms with Gasteiger partial charge in [0.1, 0.15) is 0 Å². The van der Waals surface area contributed by atoms with Crippen molar-refractivity contribution in [1.82, 2.24) is 25.5 Å². The lowest BCUT2D eigenvalue weighted by atomic mass is 9.98. The molecule has 0 aliphatic heterocycles. The Morgan fingerprint density at radius 3 is 2.90 bits per heavy atom. The third-order valence-corrected chi connectivity index (χ3v) is 4.10. The Kier molecular flexibility index (Phi) is 4.29. The highest BCUT2D eigenvalue weighted by molar-refractivity contribution is 5.36. The highest BCUT2D eigenvalue weighted by Gasteiger charge is 2.18. The Bertz CT molecular complexity index is 604. The second-order valence-electron chi connectivity index (χ2n) is 5.79. The minimum Gasteiger partial charge on any atom is -0.310 e. The third kappa shape index (κ3) is 3.29. The van der Waals surface area contributed by atoms with Crippen LogP contribution in [0, 0.1) is 0 Å². The first-order valence-electron chi connectivity index (χ1n) is 7.84. The molecule has 1 unspecified atom stereocenters. The summed E-state index contributed by atoms with van der Waals surface area (Å²) in [6.45, 7) is 3.19. The topological polar surface area (TPSA) is 55.6 Å². The fourth-order valence-electron chi connectivity index (χ4n) is 3.02. The largest absolute Gasteiger partial charge is 0.310 e. The van der Waals surface area contributed by atoms with Crippen LogP contribution >= 0.6 is 0 Å². The second-order valence-corrected chi connectivity index (χ2v) is 5.79. The number of aromatic nitrogens is 4. The molecule has 1 heterocycles.